The van der Waals surface area contributed by atoms with Crippen molar-refractivity contribution in [2.75, 3.05) is 24.4 Å². The number of carbonyl (C=O) groups is 3. The molecule has 0 unspecified atom stereocenters. The summed E-state index contributed by atoms with van der Waals surface area (Å²) in [5.74, 6) is -0.103. The third kappa shape index (κ3) is 5.92. The molecule has 0 radical (unpaired) electrons. The summed E-state index contributed by atoms with van der Waals surface area (Å²) in [6, 6.07) is 22.1. The molecule has 3 aromatic rings. The molecule has 3 amide bonds. The van der Waals surface area contributed by atoms with Crippen LogP contribution in [0.2, 0.25) is 0 Å². The number of hydrogen-bond donors (Lipinski definition) is 2. The van der Waals surface area contributed by atoms with Gasteiger partial charge in [-0.15, -0.1) is 0 Å². The Labute approximate surface area is 211 Å². The van der Waals surface area contributed by atoms with Gasteiger partial charge in [-0.1, -0.05) is 42.5 Å². The van der Waals surface area contributed by atoms with Crippen molar-refractivity contribution in [2.45, 2.75) is 38.1 Å². The Hall–Kier alpha value is -4.13. The number of amides is 3. The number of carbonyl (C=O) groups excluding carboxylic acids is 3. The highest BCUT2D eigenvalue weighted by atomic mass is 16.5. The summed E-state index contributed by atoms with van der Waals surface area (Å²) >= 11 is 0. The predicted octanol–water partition coefficient (Wildman–Crippen LogP) is 4.88. The maximum absolute atomic E-state index is 13.0. The minimum Gasteiger partial charge on any atom is -0.497 e. The summed E-state index contributed by atoms with van der Waals surface area (Å²) in [6.45, 7) is 0. The fourth-order valence-electron chi connectivity index (χ4n) is 4.55. The average Bonchev–Trinajstić information content (AvgIpc) is 2.91. The number of ether oxygens (including phenoxy) is 1. The minimum absolute atomic E-state index is 0.0173. The van der Waals surface area contributed by atoms with Crippen LogP contribution >= 0.6 is 0 Å². The zero-order valence-electron chi connectivity index (χ0n) is 20.6. The molecule has 0 saturated carbocycles. The Morgan fingerprint density at radius 2 is 1.75 bits per heavy atom. The van der Waals surface area contributed by atoms with Crippen LogP contribution in [0.15, 0.2) is 72.8 Å². The molecule has 3 aromatic carbocycles. The zero-order valence-corrected chi connectivity index (χ0v) is 20.6. The fraction of sp³-hybridized carbons (Fsp3) is 0.276. The van der Waals surface area contributed by atoms with E-state index < -0.39 is 0 Å². The Morgan fingerprint density at radius 3 is 2.58 bits per heavy atom. The largest absolute Gasteiger partial charge is 0.497 e. The first kappa shape index (κ1) is 25.0. The molecule has 0 fully saturated rings. The van der Waals surface area contributed by atoms with Crippen LogP contribution in [-0.4, -0.2) is 31.9 Å². The van der Waals surface area contributed by atoms with E-state index in [1.165, 1.54) is 10.5 Å². The van der Waals surface area contributed by atoms with Crippen molar-refractivity contribution in [3.8, 4) is 5.75 Å². The quantitative estimate of drug-likeness (QED) is 0.476. The third-order valence-corrected chi connectivity index (χ3v) is 6.48. The van der Waals surface area contributed by atoms with Gasteiger partial charge >= 0.3 is 0 Å². The summed E-state index contributed by atoms with van der Waals surface area (Å²) in [6.07, 6.45) is 3.07. The van der Waals surface area contributed by atoms with Gasteiger partial charge in [0, 0.05) is 31.6 Å². The van der Waals surface area contributed by atoms with E-state index in [9.17, 15) is 14.4 Å². The van der Waals surface area contributed by atoms with Crippen LogP contribution in [0.3, 0.4) is 0 Å². The van der Waals surface area contributed by atoms with Crippen LogP contribution < -0.4 is 20.3 Å². The molecule has 1 aliphatic carbocycles. The summed E-state index contributed by atoms with van der Waals surface area (Å²) in [7, 11) is 3.18. The van der Waals surface area contributed by atoms with Crippen LogP contribution in [0.4, 0.5) is 11.4 Å². The summed E-state index contributed by atoms with van der Waals surface area (Å²) < 4.78 is 5.21. The van der Waals surface area contributed by atoms with E-state index in [0.29, 0.717) is 22.7 Å². The molecule has 1 aliphatic rings. The van der Waals surface area contributed by atoms with E-state index in [1.807, 2.05) is 12.1 Å². The lowest BCUT2D eigenvalue weighted by molar-refractivity contribution is -0.125. The molecule has 1 atom stereocenters. The lowest BCUT2D eigenvalue weighted by Gasteiger charge is -2.26. The lowest BCUT2D eigenvalue weighted by Crippen LogP contribution is -2.33. The number of hydrogen-bond acceptors (Lipinski definition) is 4. The molecule has 0 saturated heterocycles. The second-order valence-corrected chi connectivity index (χ2v) is 8.87. The van der Waals surface area contributed by atoms with Crippen LogP contribution in [0, 0.1) is 0 Å². The van der Waals surface area contributed by atoms with Crippen LogP contribution in [0.1, 0.15) is 53.2 Å². The van der Waals surface area contributed by atoms with Crippen molar-refractivity contribution in [1.82, 2.24) is 5.32 Å². The smallest absolute Gasteiger partial charge is 0.257 e. The van der Waals surface area contributed by atoms with E-state index in [-0.39, 0.29) is 36.6 Å². The van der Waals surface area contributed by atoms with Gasteiger partial charge in [0.25, 0.3) is 5.91 Å². The topological polar surface area (TPSA) is 87.7 Å². The molecule has 0 spiro atoms. The molecular weight excluding hydrogens is 454 g/mol. The van der Waals surface area contributed by atoms with Gasteiger partial charge in [-0.3, -0.25) is 14.4 Å². The van der Waals surface area contributed by atoms with Gasteiger partial charge in [0.15, 0.2) is 0 Å². The number of methoxy groups -OCH3 is 1. The number of fused-ring (bicyclic) bond motifs is 1. The van der Waals surface area contributed by atoms with E-state index in [1.54, 1.807) is 62.7 Å². The standard InChI is InChI=1S/C29H31N3O4/c1-32(26-16-6-5-14-24(26)29(35)30-21-11-8-12-22(19-21)36-2)28(34)18-17-27(33)31-25-15-7-10-20-9-3-4-13-23(20)25/h3-6,8-9,11-14,16,19,25H,7,10,15,17-18H2,1-2H3,(H,30,35)(H,31,33)/t25-/m1/s1. The Bertz CT molecular complexity index is 1260. The molecule has 36 heavy (non-hydrogen) atoms. The highest BCUT2D eigenvalue weighted by molar-refractivity contribution is 6.10. The number of nitrogens with zero attached hydrogens (tertiary/aromatic N) is 1. The van der Waals surface area contributed by atoms with Gasteiger partial charge in [-0.25, -0.2) is 0 Å². The molecule has 2 N–H and O–H groups in total. The molecule has 7 nitrogen and oxygen atoms in total. The summed E-state index contributed by atoms with van der Waals surface area (Å²) in [5.41, 5.74) is 3.86. The Balaban J connectivity index is 1.37. The molecule has 0 aliphatic heterocycles. The third-order valence-electron chi connectivity index (χ3n) is 6.48. The summed E-state index contributed by atoms with van der Waals surface area (Å²) in [5, 5.41) is 5.94. The van der Waals surface area contributed by atoms with Crippen molar-refractivity contribution >= 4 is 29.1 Å². The highest BCUT2D eigenvalue weighted by Gasteiger charge is 2.23. The van der Waals surface area contributed by atoms with Gasteiger partial charge < -0.3 is 20.3 Å². The number of nitrogens with one attached hydrogen (secondary N) is 2. The molecule has 0 aromatic heterocycles. The number of benzene rings is 3. The maximum Gasteiger partial charge on any atom is 0.257 e. The van der Waals surface area contributed by atoms with Gasteiger partial charge in [0.1, 0.15) is 5.75 Å². The molecule has 186 valence electrons. The maximum atomic E-state index is 13.0. The molecule has 7 heteroatoms. The van der Waals surface area contributed by atoms with Gasteiger partial charge in [-0.05, 0) is 54.7 Å². The van der Waals surface area contributed by atoms with E-state index in [2.05, 4.69) is 22.8 Å². The lowest BCUT2D eigenvalue weighted by atomic mass is 9.87. The SMILES string of the molecule is COc1cccc(NC(=O)c2ccccc2N(C)C(=O)CCC(=O)N[C@@H]2CCCc3ccccc32)c1. The van der Waals surface area contributed by atoms with Gasteiger partial charge in [0.05, 0.1) is 24.4 Å². The van der Waals surface area contributed by atoms with Crippen molar-refractivity contribution < 1.29 is 19.1 Å². The first-order chi connectivity index (χ1) is 17.5. The normalized spacial score (nSPS) is 14.3. The number of para-hydroxylation sites is 1. The van der Waals surface area contributed by atoms with Crippen molar-refractivity contribution in [3.63, 3.8) is 0 Å². The van der Waals surface area contributed by atoms with Crippen LogP contribution in [0.5, 0.6) is 5.75 Å². The van der Waals surface area contributed by atoms with Gasteiger partial charge in [0.2, 0.25) is 11.8 Å². The van der Waals surface area contributed by atoms with Crippen LogP contribution in [-0.2, 0) is 16.0 Å². The average molecular weight is 486 g/mol. The van der Waals surface area contributed by atoms with Crippen molar-refractivity contribution in [3.05, 3.63) is 89.5 Å². The first-order valence-corrected chi connectivity index (χ1v) is 12.1. The first-order valence-electron chi connectivity index (χ1n) is 12.1. The molecule has 0 bridgehead atoms. The molecule has 4 rings (SSSR count). The second kappa shape index (κ2) is 11.5. The monoisotopic (exact) mass is 485 g/mol. The molecule has 0 heterocycles. The van der Waals surface area contributed by atoms with Gasteiger partial charge in [-0.2, -0.15) is 0 Å². The molecular formula is C29H31N3O4. The van der Waals surface area contributed by atoms with Crippen LogP contribution in [0.25, 0.3) is 0 Å². The zero-order chi connectivity index (χ0) is 25.5. The van der Waals surface area contributed by atoms with E-state index in [4.69, 9.17) is 4.74 Å². The Kier molecular flexibility index (Phi) is 8.00. The number of rotatable bonds is 8. The Morgan fingerprint density at radius 1 is 0.972 bits per heavy atom. The fourth-order valence-corrected chi connectivity index (χ4v) is 4.55. The predicted molar refractivity (Wildman–Crippen MR) is 140 cm³/mol. The number of aryl methyl sites for hydroxylation is 1. The minimum atomic E-state index is -0.341. The van der Waals surface area contributed by atoms with Crippen molar-refractivity contribution in [2.24, 2.45) is 0 Å². The van der Waals surface area contributed by atoms with Crippen molar-refractivity contribution in [1.29, 1.82) is 0 Å². The highest BCUT2D eigenvalue weighted by Crippen LogP contribution is 2.29. The second-order valence-electron chi connectivity index (χ2n) is 8.87. The van der Waals surface area contributed by atoms with E-state index in [0.717, 1.165) is 24.8 Å². The summed E-state index contributed by atoms with van der Waals surface area (Å²) in [4.78, 5) is 40.0. The number of anilines is 2. The van der Waals surface area contributed by atoms with E-state index >= 15 is 0 Å².